The van der Waals surface area contributed by atoms with Crippen molar-refractivity contribution in [3.63, 3.8) is 0 Å². The molecule has 1 aromatic carbocycles. The molecule has 0 unspecified atom stereocenters. The van der Waals surface area contributed by atoms with Gasteiger partial charge in [0.2, 0.25) is 5.91 Å². The Morgan fingerprint density at radius 2 is 2.00 bits per heavy atom. The summed E-state index contributed by atoms with van der Waals surface area (Å²) in [7, 11) is 1.93. The molecule has 0 fully saturated rings. The van der Waals surface area contributed by atoms with Crippen molar-refractivity contribution >= 4 is 34.1 Å². The molecule has 0 saturated carbocycles. The van der Waals surface area contributed by atoms with Gasteiger partial charge in [-0.1, -0.05) is 42.1 Å². The Morgan fingerprint density at radius 1 is 1.27 bits per heavy atom. The molecule has 136 valence electrons. The molecule has 0 aliphatic rings. The number of hydrogen-bond donors (Lipinski definition) is 1. The second-order valence-corrected chi connectivity index (χ2v) is 8.54. The van der Waals surface area contributed by atoms with Crippen LogP contribution in [0.2, 0.25) is 0 Å². The van der Waals surface area contributed by atoms with Crippen LogP contribution < -0.4 is 5.32 Å². The van der Waals surface area contributed by atoms with E-state index in [0.717, 1.165) is 21.6 Å². The Kier molecular flexibility index (Phi) is 5.73. The van der Waals surface area contributed by atoms with Gasteiger partial charge in [0.1, 0.15) is 5.82 Å². The first kappa shape index (κ1) is 18.6. The molecule has 0 radical (unpaired) electrons. The molecule has 0 saturated heterocycles. The van der Waals surface area contributed by atoms with Crippen LogP contribution in [-0.4, -0.2) is 30.9 Å². The third-order valence-electron chi connectivity index (χ3n) is 4.04. The molecule has 1 N–H and O–H groups in total. The first-order chi connectivity index (χ1) is 12.4. The lowest BCUT2D eigenvalue weighted by atomic mass is 10.1. The fraction of sp³-hybridized carbons (Fsp3) is 0.333. The summed E-state index contributed by atoms with van der Waals surface area (Å²) in [5.41, 5.74) is 2.13. The largest absolute Gasteiger partial charge is 0.309 e. The summed E-state index contributed by atoms with van der Waals surface area (Å²) in [6.07, 6.45) is 0.711. The number of benzene rings is 1. The van der Waals surface area contributed by atoms with Crippen LogP contribution in [0, 0.1) is 13.8 Å². The minimum atomic E-state index is -0.299. The van der Waals surface area contributed by atoms with Crippen molar-refractivity contribution < 1.29 is 4.79 Å². The van der Waals surface area contributed by atoms with Crippen molar-refractivity contribution in [2.45, 2.75) is 37.6 Å². The number of nitrogens with one attached hydrogen (secondary N) is 1. The number of hydrogen-bond acceptors (Lipinski definition) is 6. The minimum Gasteiger partial charge on any atom is -0.309 e. The van der Waals surface area contributed by atoms with E-state index < -0.39 is 0 Å². The number of aromatic nitrogens is 4. The summed E-state index contributed by atoms with van der Waals surface area (Å²) in [6.45, 7) is 5.79. The average Bonchev–Trinajstić information content (AvgIpc) is 3.11. The predicted octanol–water partition coefficient (Wildman–Crippen LogP) is 3.60. The van der Waals surface area contributed by atoms with E-state index >= 15 is 0 Å². The summed E-state index contributed by atoms with van der Waals surface area (Å²) in [5.74, 6) is 0.786. The lowest BCUT2D eigenvalue weighted by Crippen LogP contribution is -2.22. The van der Waals surface area contributed by atoms with Gasteiger partial charge in [0.25, 0.3) is 0 Å². The van der Waals surface area contributed by atoms with Crippen molar-refractivity contribution in [3.8, 4) is 0 Å². The predicted molar refractivity (Wildman–Crippen MR) is 106 cm³/mol. The van der Waals surface area contributed by atoms with Crippen LogP contribution in [0.25, 0.3) is 0 Å². The lowest BCUT2D eigenvalue weighted by molar-refractivity contribution is -0.115. The van der Waals surface area contributed by atoms with Gasteiger partial charge in [-0.15, -0.1) is 21.5 Å². The molecule has 0 spiro atoms. The first-order valence-corrected chi connectivity index (χ1v) is 9.97. The second-order valence-electron chi connectivity index (χ2n) is 6.03. The second kappa shape index (κ2) is 8.01. The van der Waals surface area contributed by atoms with E-state index in [1.807, 2.05) is 50.6 Å². The topological polar surface area (TPSA) is 72.7 Å². The molecular formula is C18H21N5OS2. The number of amides is 1. The highest BCUT2D eigenvalue weighted by atomic mass is 32.2. The van der Waals surface area contributed by atoms with Crippen molar-refractivity contribution in [1.29, 1.82) is 0 Å². The molecular weight excluding hydrogens is 366 g/mol. The van der Waals surface area contributed by atoms with Crippen LogP contribution in [0.1, 0.15) is 28.9 Å². The maximum Gasteiger partial charge on any atom is 0.239 e. The molecule has 3 aromatic rings. The zero-order chi connectivity index (χ0) is 18.7. The Bertz CT molecular complexity index is 884. The summed E-state index contributed by atoms with van der Waals surface area (Å²) < 4.78 is 1.94. The van der Waals surface area contributed by atoms with Crippen LogP contribution in [0.4, 0.5) is 5.13 Å². The normalized spacial score (nSPS) is 12.2. The molecule has 2 aromatic heterocycles. The molecule has 0 aliphatic carbocycles. The van der Waals surface area contributed by atoms with Crippen molar-refractivity contribution in [3.05, 3.63) is 52.3 Å². The van der Waals surface area contributed by atoms with Gasteiger partial charge >= 0.3 is 0 Å². The number of carbonyl (C=O) groups is 1. The number of thiazole rings is 1. The van der Waals surface area contributed by atoms with Crippen LogP contribution >= 0.6 is 23.1 Å². The lowest BCUT2D eigenvalue weighted by Gasteiger charge is -2.10. The maximum absolute atomic E-state index is 12.4. The highest BCUT2D eigenvalue weighted by Crippen LogP contribution is 2.25. The van der Waals surface area contributed by atoms with Gasteiger partial charge in [-0.2, -0.15) is 0 Å². The van der Waals surface area contributed by atoms with E-state index in [1.54, 1.807) is 0 Å². The van der Waals surface area contributed by atoms with E-state index in [0.29, 0.717) is 11.6 Å². The third-order valence-corrected chi connectivity index (χ3v) is 6.16. The Morgan fingerprint density at radius 3 is 2.65 bits per heavy atom. The highest BCUT2D eigenvalue weighted by molar-refractivity contribution is 8.00. The number of nitrogens with zero attached hydrogens (tertiary/aromatic N) is 4. The van der Waals surface area contributed by atoms with Gasteiger partial charge in [-0.05, 0) is 26.3 Å². The number of carbonyl (C=O) groups excluding carboxylic acids is 1. The summed E-state index contributed by atoms with van der Waals surface area (Å²) in [5, 5.41) is 12.5. The number of anilines is 1. The fourth-order valence-corrected chi connectivity index (χ4v) is 3.98. The number of rotatable bonds is 6. The summed E-state index contributed by atoms with van der Waals surface area (Å²) in [4.78, 5) is 17.9. The quantitative estimate of drug-likeness (QED) is 0.654. The smallest absolute Gasteiger partial charge is 0.239 e. The van der Waals surface area contributed by atoms with E-state index in [2.05, 4.69) is 32.6 Å². The van der Waals surface area contributed by atoms with Crippen molar-refractivity contribution in [2.75, 3.05) is 5.32 Å². The maximum atomic E-state index is 12.4. The summed E-state index contributed by atoms with van der Waals surface area (Å²) >= 11 is 2.88. The monoisotopic (exact) mass is 387 g/mol. The molecule has 0 bridgehead atoms. The minimum absolute atomic E-state index is 0.0867. The molecule has 6 nitrogen and oxygen atoms in total. The molecule has 8 heteroatoms. The van der Waals surface area contributed by atoms with Gasteiger partial charge in [0.15, 0.2) is 10.3 Å². The van der Waals surface area contributed by atoms with Gasteiger partial charge in [0.05, 0.1) is 10.9 Å². The SMILES string of the molecule is Cc1nc(NC(=O)[C@H](C)Sc2nnc(Cc3ccccc3)n2C)sc1C. The van der Waals surface area contributed by atoms with E-state index in [-0.39, 0.29) is 11.2 Å². The number of aryl methyl sites for hydroxylation is 2. The zero-order valence-electron chi connectivity index (χ0n) is 15.2. The molecule has 2 heterocycles. The van der Waals surface area contributed by atoms with Gasteiger partial charge < -0.3 is 9.88 Å². The van der Waals surface area contributed by atoms with E-state index in [9.17, 15) is 4.79 Å². The molecule has 3 rings (SSSR count). The zero-order valence-corrected chi connectivity index (χ0v) is 16.8. The van der Waals surface area contributed by atoms with Crippen LogP contribution in [0.5, 0.6) is 0 Å². The fourth-order valence-electron chi connectivity index (χ4n) is 2.32. The van der Waals surface area contributed by atoms with E-state index in [4.69, 9.17) is 0 Å². The summed E-state index contributed by atoms with van der Waals surface area (Å²) in [6, 6.07) is 10.1. The highest BCUT2D eigenvalue weighted by Gasteiger charge is 2.20. The first-order valence-electron chi connectivity index (χ1n) is 8.27. The third kappa shape index (κ3) is 4.31. The molecule has 0 aliphatic heterocycles. The van der Waals surface area contributed by atoms with Crippen molar-refractivity contribution in [1.82, 2.24) is 19.7 Å². The Labute approximate surface area is 161 Å². The van der Waals surface area contributed by atoms with Crippen LogP contribution in [0.3, 0.4) is 0 Å². The van der Waals surface area contributed by atoms with Crippen molar-refractivity contribution in [2.24, 2.45) is 7.05 Å². The Balaban J connectivity index is 1.63. The van der Waals surface area contributed by atoms with Gasteiger partial charge in [-0.3, -0.25) is 4.79 Å². The molecule has 1 amide bonds. The van der Waals surface area contributed by atoms with Crippen LogP contribution in [0.15, 0.2) is 35.5 Å². The van der Waals surface area contributed by atoms with Crippen LogP contribution in [-0.2, 0) is 18.3 Å². The molecule has 1 atom stereocenters. The van der Waals surface area contributed by atoms with E-state index in [1.165, 1.54) is 28.7 Å². The standard InChI is InChI=1S/C18H21N5OS2/c1-11-12(2)25-17(19-11)20-16(24)13(3)26-18-22-21-15(23(18)4)10-14-8-6-5-7-9-14/h5-9,13H,10H2,1-4H3,(H,19,20,24)/t13-/m0/s1. The van der Waals surface area contributed by atoms with Gasteiger partial charge in [0, 0.05) is 18.3 Å². The number of thioether (sulfide) groups is 1. The average molecular weight is 388 g/mol. The van der Waals surface area contributed by atoms with Gasteiger partial charge in [-0.25, -0.2) is 4.98 Å². The Hall–Kier alpha value is -2.19. The molecule has 26 heavy (non-hydrogen) atoms.